The van der Waals surface area contributed by atoms with Crippen molar-refractivity contribution in [2.45, 2.75) is 12.5 Å². The Morgan fingerprint density at radius 3 is 3.10 bits per heavy atom. The minimum absolute atomic E-state index is 0.130. The smallest absolute Gasteiger partial charge is 0.203 e. The van der Waals surface area contributed by atoms with Gasteiger partial charge < -0.3 is 10.6 Å². The van der Waals surface area contributed by atoms with Crippen molar-refractivity contribution in [3.63, 3.8) is 0 Å². The first-order valence-electron chi connectivity index (χ1n) is 7.07. The van der Waals surface area contributed by atoms with Gasteiger partial charge in [-0.1, -0.05) is 24.3 Å². The van der Waals surface area contributed by atoms with Crippen LogP contribution in [-0.2, 0) is 6.42 Å². The lowest BCUT2D eigenvalue weighted by molar-refractivity contribution is 0.584. The molecule has 0 bridgehead atoms. The van der Waals surface area contributed by atoms with E-state index in [0.29, 0.717) is 6.54 Å². The number of hydrogen-bond acceptors (Lipinski definition) is 5. The second-order valence-electron chi connectivity index (χ2n) is 5.21. The van der Waals surface area contributed by atoms with Crippen LogP contribution in [0.5, 0.6) is 0 Å². The normalized spacial score (nSPS) is 18.0. The lowest BCUT2D eigenvalue weighted by atomic mass is 9.92. The van der Waals surface area contributed by atoms with E-state index in [1.54, 1.807) is 12.5 Å². The van der Waals surface area contributed by atoms with E-state index in [0.717, 1.165) is 24.4 Å². The van der Waals surface area contributed by atoms with Gasteiger partial charge in [0.25, 0.3) is 0 Å². The van der Waals surface area contributed by atoms with E-state index < -0.39 is 0 Å². The van der Waals surface area contributed by atoms with Crippen molar-refractivity contribution in [2.75, 3.05) is 18.0 Å². The third kappa shape index (κ3) is 1.87. The van der Waals surface area contributed by atoms with Gasteiger partial charge in [-0.15, -0.1) is 10.2 Å². The number of anilines is 1. The first-order chi connectivity index (χ1) is 10.4. The minimum Gasteiger partial charge on any atom is -0.345 e. The molecule has 0 amide bonds. The zero-order valence-corrected chi connectivity index (χ0v) is 11.6. The van der Waals surface area contributed by atoms with E-state index in [9.17, 15) is 0 Å². The molecule has 4 rings (SSSR count). The fraction of sp³-hybridized carbons (Fsp3) is 0.267. The van der Waals surface area contributed by atoms with Gasteiger partial charge in [-0.25, -0.2) is 4.98 Å². The highest BCUT2D eigenvalue weighted by Crippen LogP contribution is 2.33. The van der Waals surface area contributed by atoms with E-state index in [1.165, 1.54) is 11.1 Å². The number of fused-ring (bicyclic) bond motifs is 2. The van der Waals surface area contributed by atoms with Crippen LogP contribution in [0.2, 0.25) is 0 Å². The molecule has 1 aliphatic rings. The Hall–Kier alpha value is -2.47. The SMILES string of the molecule is NCC1c2ccccc2CCN1c1nccn2cnnc12. The first-order valence-corrected chi connectivity index (χ1v) is 7.07. The van der Waals surface area contributed by atoms with E-state index in [-0.39, 0.29) is 6.04 Å². The molecule has 21 heavy (non-hydrogen) atoms. The standard InChI is InChI=1S/C15H16N6/c16-9-13-12-4-2-1-3-11(12)5-7-21(13)14-15-19-18-10-20(15)8-6-17-14/h1-4,6,8,10,13H,5,7,9,16H2. The maximum atomic E-state index is 6.05. The monoisotopic (exact) mass is 280 g/mol. The molecule has 106 valence electrons. The Bertz CT molecular complexity index is 780. The summed E-state index contributed by atoms with van der Waals surface area (Å²) in [5.74, 6) is 0.847. The number of hydrogen-bond donors (Lipinski definition) is 1. The van der Waals surface area contributed by atoms with E-state index in [1.807, 2.05) is 10.6 Å². The van der Waals surface area contributed by atoms with Gasteiger partial charge >= 0.3 is 0 Å². The summed E-state index contributed by atoms with van der Waals surface area (Å²) in [6.07, 6.45) is 6.31. The second-order valence-corrected chi connectivity index (χ2v) is 5.21. The summed E-state index contributed by atoms with van der Waals surface area (Å²) in [6, 6.07) is 8.62. The first kappa shape index (κ1) is 12.3. The van der Waals surface area contributed by atoms with E-state index in [4.69, 9.17) is 5.73 Å². The van der Waals surface area contributed by atoms with Crippen molar-refractivity contribution in [3.8, 4) is 0 Å². The molecule has 0 aliphatic carbocycles. The molecule has 6 heteroatoms. The summed E-state index contributed by atoms with van der Waals surface area (Å²) in [4.78, 5) is 6.76. The molecule has 3 heterocycles. The number of rotatable bonds is 2. The van der Waals surface area contributed by atoms with Crippen LogP contribution < -0.4 is 10.6 Å². The molecule has 1 atom stereocenters. The van der Waals surface area contributed by atoms with Crippen LogP contribution in [0.25, 0.3) is 5.65 Å². The topological polar surface area (TPSA) is 72.3 Å². The van der Waals surface area contributed by atoms with Crippen molar-refractivity contribution >= 4 is 11.5 Å². The molecule has 1 aromatic carbocycles. The fourth-order valence-electron chi connectivity index (χ4n) is 3.11. The Labute approximate surface area is 122 Å². The molecule has 0 saturated heterocycles. The Morgan fingerprint density at radius 1 is 1.29 bits per heavy atom. The van der Waals surface area contributed by atoms with Crippen LogP contribution >= 0.6 is 0 Å². The molecule has 2 N–H and O–H groups in total. The van der Waals surface area contributed by atoms with Gasteiger partial charge in [-0.05, 0) is 17.5 Å². The third-order valence-electron chi connectivity index (χ3n) is 4.10. The maximum absolute atomic E-state index is 6.05. The highest BCUT2D eigenvalue weighted by atomic mass is 15.3. The largest absolute Gasteiger partial charge is 0.345 e. The van der Waals surface area contributed by atoms with Crippen molar-refractivity contribution in [2.24, 2.45) is 5.73 Å². The van der Waals surface area contributed by atoms with Crippen LogP contribution in [0.3, 0.4) is 0 Å². The fourth-order valence-corrected chi connectivity index (χ4v) is 3.11. The molecule has 1 aliphatic heterocycles. The molecule has 0 spiro atoms. The molecular formula is C15H16N6. The lowest BCUT2D eigenvalue weighted by Gasteiger charge is -2.37. The zero-order valence-electron chi connectivity index (χ0n) is 11.6. The van der Waals surface area contributed by atoms with Crippen molar-refractivity contribution in [3.05, 3.63) is 54.1 Å². The molecular weight excluding hydrogens is 264 g/mol. The summed E-state index contributed by atoms with van der Waals surface area (Å²) in [7, 11) is 0. The highest BCUT2D eigenvalue weighted by Gasteiger charge is 2.28. The van der Waals surface area contributed by atoms with Crippen LogP contribution in [0.4, 0.5) is 5.82 Å². The molecule has 0 fully saturated rings. The molecule has 3 aromatic rings. The van der Waals surface area contributed by atoms with E-state index >= 15 is 0 Å². The maximum Gasteiger partial charge on any atom is 0.203 e. The van der Waals surface area contributed by atoms with Crippen molar-refractivity contribution < 1.29 is 0 Å². The average Bonchev–Trinajstić information content (AvgIpc) is 3.02. The van der Waals surface area contributed by atoms with Gasteiger partial charge in [0.1, 0.15) is 6.33 Å². The van der Waals surface area contributed by atoms with Crippen LogP contribution in [0.15, 0.2) is 43.0 Å². The Balaban J connectivity index is 1.84. The van der Waals surface area contributed by atoms with Crippen molar-refractivity contribution in [1.82, 2.24) is 19.6 Å². The van der Waals surface area contributed by atoms with Gasteiger partial charge in [-0.3, -0.25) is 4.40 Å². The number of aromatic nitrogens is 4. The number of nitrogens with zero attached hydrogens (tertiary/aromatic N) is 5. The van der Waals surface area contributed by atoms with Crippen LogP contribution in [-0.4, -0.2) is 32.7 Å². The van der Waals surface area contributed by atoms with Gasteiger partial charge in [0.15, 0.2) is 5.82 Å². The molecule has 2 aromatic heterocycles. The van der Waals surface area contributed by atoms with Gasteiger partial charge in [-0.2, -0.15) is 0 Å². The van der Waals surface area contributed by atoms with Gasteiger partial charge in [0.05, 0.1) is 6.04 Å². The summed E-state index contributed by atoms with van der Waals surface area (Å²) in [6.45, 7) is 1.44. The van der Waals surface area contributed by atoms with Crippen LogP contribution in [0, 0.1) is 0 Å². The molecule has 0 radical (unpaired) electrons. The molecule has 6 nitrogen and oxygen atoms in total. The van der Waals surface area contributed by atoms with Crippen LogP contribution in [0.1, 0.15) is 17.2 Å². The van der Waals surface area contributed by atoms with E-state index in [2.05, 4.69) is 44.3 Å². The number of nitrogens with two attached hydrogens (primary N) is 1. The van der Waals surface area contributed by atoms with Crippen molar-refractivity contribution in [1.29, 1.82) is 0 Å². The summed E-state index contributed by atoms with van der Waals surface area (Å²) >= 11 is 0. The second kappa shape index (κ2) is 4.82. The average molecular weight is 280 g/mol. The van der Waals surface area contributed by atoms with Gasteiger partial charge in [0.2, 0.25) is 5.65 Å². The van der Waals surface area contributed by atoms with Gasteiger partial charge in [0, 0.05) is 25.5 Å². The summed E-state index contributed by atoms with van der Waals surface area (Å²) in [5, 5.41) is 8.15. The Morgan fingerprint density at radius 2 is 2.19 bits per heavy atom. The highest BCUT2D eigenvalue weighted by molar-refractivity contribution is 5.65. The molecule has 0 saturated carbocycles. The third-order valence-corrected chi connectivity index (χ3v) is 4.10. The lowest BCUT2D eigenvalue weighted by Crippen LogP contribution is -2.40. The quantitative estimate of drug-likeness (QED) is 0.763. The molecule has 1 unspecified atom stereocenters. The summed E-state index contributed by atoms with van der Waals surface area (Å²) < 4.78 is 1.89. The predicted octanol–water partition coefficient (Wildman–Crippen LogP) is 1.19. The Kier molecular flexibility index (Phi) is 2.82. The summed E-state index contributed by atoms with van der Waals surface area (Å²) in [5.41, 5.74) is 9.49. The number of benzene rings is 1. The minimum atomic E-state index is 0.130. The predicted molar refractivity (Wildman–Crippen MR) is 80.1 cm³/mol. The zero-order chi connectivity index (χ0) is 14.2.